The normalized spacial score (nSPS) is 28.6. The van der Waals surface area contributed by atoms with Gasteiger partial charge >= 0.3 is 5.76 Å². The summed E-state index contributed by atoms with van der Waals surface area (Å²) in [4.78, 5) is 0. The van der Waals surface area contributed by atoms with Crippen molar-refractivity contribution in [3.63, 3.8) is 0 Å². The summed E-state index contributed by atoms with van der Waals surface area (Å²) in [6.45, 7) is 4.28. The fourth-order valence-corrected chi connectivity index (χ4v) is 3.10. The minimum atomic E-state index is -4.44. The number of hydrogen-bond acceptors (Lipinski definition) is 3. The molecular weight excluding hydrogens is 238 g/mol. The molecule has 4 nitrogen and oxygen atoms in total. The van der Waals surface area contributed by atoms with Crippen molar-refractivity contribution in [1.29, 1.82) is 0 Å². The molecule has 1 rings (SSSR count). The van der Waals surface area contributed by atoms with Crippen molar-refractivity contribution in [1.82, 2.24) is 9.62 Å². The SMILES string of the molecule is CCC1CN(S(=O)(=O)C(F)F)C(CC)CN1. The highest BCUT2D eigenvalue weighted by Gasteiger charge is 2.39. The van der Waals surface area contributed by atoms with Crippen molar-refractivity contribution in [3.8, 4) is 0 Å². The largest absolute Gasteiger partial charge is 0.350 e. The third kappa shape index (κ3) is 2.70. The van der Waals surface area contributed by atoms with Crippen molar-refractivity contribution in [2.75, 3.05) is 13.1 Å². The summed E-state index contributed by atoms with van der Waals surface area (Å²) in [5.74, 6) is -3.32. The predicted molar refractivity (Wildman–Crippen MR) is 57.8 cm³/mol. The number of rotatable bonds is 4. The molecule has 0 radical (unpaired) electrons. The second kappa shape index (κ2) is 5.37. The first-order valence-corrected chi connectivity index (χ1v) is 6.96. The van der Waals surface area contributed by atoms with E-state index >= 15 is 0 Å². The molecule has 1 aliphatic rings. The molecule has 1 saturated heterocycles. The number of halogens is 2. The van der Waals surface area contributed by atoms with Crippen molar-refractivity contribution in [2.45, 2.75) is 44.5 Å². The Morgan fingerprint density at radius 3 is 2.44 bits per heavy atom. The van der Waals surface area contributed by atoms with Crippen LogP contribution < -0.4 is 5.32 Å². The van der Waals surface area contributed by atoms with E-state index in [1.54, 1.807) is 6.92 Å². The summed E-state index contributed by atoms with van der Waals surface area (Å²) < 4.78 is 48.9. The molecule has 1 heterocycles. The Morgan fingerprint density at radius 1 is 1.38 bits per heavy atom. The van der Waals surface area contributed by atoms with Gasteiger partial charge in [-0.25, -0.2) is 8.42 Å². The molecule has 0 spiro atoms. The molecule has 0 aromatic carbocycles. The zero-order valence-electron chi connectivity index (χ0n) is 9.49. The van der Waals surface area contributed by atoms with Gasteiger partial charge in [0.25, 0.3) is 10.0 Å². The van der Waals surface area contributed by atoms with E-state index in [2.05, 4.69) is 5.32 Å². The van der Waals surface area contributed by atoms with E-state index in [1.165, 1.54) is 0 Å². The standard InChI is InChI=1S/C9H18F2N2O2S/c1-3-7-6-13(8(4-2)5-12-7)16(14,15)9(10)11/h7-9,12H,3-6H2,1-2H3. The molecule has 0 saturated carbocycles. The third-order valence-electron chi connectivity index (χ3n) is 2.97. The number of nitrogens with zero attached hydrogens (tertiary/aromatic N) is 1. The van der Waals surface area contributed by atoms with Crippen LogP contribution >= 0.6 is 0 Å². The van der Waals surface area contributed by atoms with Gasteiger partial charge in [0.1, 0.15) is 0 Å². The van der Waals surface area contributed by atoms with Crippen LogP contribution in [-0.4, -0.2) is 43.7 Å². The Labute approximate surface area is 95.1 Å². The topological polar surface area (TPSA) is 49.4 Å². The van der Waals surface area contributed by atoms with Gasteiger partial charge in [-0.05, 0) is 12.8 Å². The Hall–Kier alpha value is -0.270. The molecule has 96 valence electrons. The second-order valence-corrected chi connectivity index (χ2v) is 5.81. The van der Waals surface area contributed by atoms with E-state index in [0.717, 1.165) is 10.7 Å². The minimum Gasteiger partial charge on any atom is -0.311 e. The van der Waals surface area contributed by atoms with Gasteiger partial charge in [-0.1, -0.05) is 13.8 Å². The summed E-state index contributed by atoms with van der Waals surface area (Å²) in [5, 5.41) is 3.16. The first kappa shape index (κ1) is 13.8. The highest BCUT2D eigenvalue weighted by atomic mass is 32.2. The van der Waals surface area contributed by atoms with Crippen molar-refractivity contribution in [2.24, 2.45) is 0 Å². The Morgan fingerprint density at radius 2 is 2.00 bits per heavy atom. The van der Waals surface area contributed by atoms with E-state index < -0.39 is 15.8 Å². The molecule has 0 bridgehead atoms. The molecule has 2 atom stereocenters. The van der Waals surface area contributed by atoms with Gasteiger partial charge in [0.15, 0.2) is 0 Å². The van der Waals surface area contributed by atoms with Crippen LogP contribution in [-0.2, 0) is 10.0 Å². The van der Waals surface area contributed by atoms with Gasteiger partial charge in [-0.15, -0.1) is 0 Å². The minimum absolute atomic E-state index is 0.0312. The highest BCUT2D eigenvalue weighted by Crippen LogP contribution is 2.20. The van der Waals surface area contributed by atoms with Gasteiger partial charge in [0, 0.05) is 25.2 Å². The van der Waals surface area contributed by atoms with Crippen LogP contribution in [0.15, 0.2) is 0 Å². The van der Waals surface area contributed by atoms with Crippen molar-refractivity contribution >= 4 is 10.0 Å². The molecule has 16 heavy (non-hydrogen) atoms. The van der Waals surface area contributed by atoms with Gasteiger partial charge in [-0.2, -0.15) is 13.1 Å². The van der Waals surface area contributed by atoms with Crippen LogP contribution in [0.4, 0.5) is 8.78 Å². The molecule has 0 aromatic heterocycles. The fourth-order valence-electron chi connectivity index (χ4n) is 1.87. The molecule has 1 N–H and O–H groups in total. The molecule has 0 aromatic rings. The van der Waals surface area contributed by atoms with Gasteiger partial charge in [0.05, 0.1) is 0 Å². The van der Waals surface area contributed by atoms with E-state index in [0.29, 0.717) is 13.0 Å². The van der Waals surface area contributed by atoms with Crippen LogP contribution in [0.3, 0.4) is 0 Å². The highest BCUT2D eigenvalue weighted by molar-refractivity contribution is 7.89. The number of piperazine rings is 1. The maximum Gasteiger partial charge on any atom is 0.350 e. The van der Waals surface area contributed by atoms with Gasteiger partial charge < -0.3 is 5.32 Å². The number of nitrogens with one attached hydrogen (secondary N) is 1. The molecule has 1 aliphatic heterocycles. The molecule has 1 fully saturated rings. The molecule has 0 amide bonds. The predicted octanol–water partition coefficient (Wildman–Crippen LogP) is 1.00. The Balaban J connectivity index is 2.88. The monoisotopic (exact) mass is 256 g/mol. The van der Waals surface area contributed by atoms with Crippen LogP contribution in [0.1, 0.15) is 26.7 Å². The lowest BCUT2D eigenvalue weighted by Gasteiger charge is -2.38. The summed E-state index contributed by atoms with van der Waals surface area (Å²) in [5.41, 5.74) is 0. The molecule has 7 heteroatoms. The summed E-state index contributed by atoms with van der Waals surface area (Å²) in [7, 11) is -4.44. The molecule has 2 unspecified atom stereocenters. The summed E-state index contributed by atoms with van der Waals surface area (Å²) >= 11 is 0. The smallest absolute Gasteiger partial charge is 0.311 e. The average molecular weight is 256 g/mol. The Kier molecular flexibility index (Phi) is 4.63. The van der Waals surface area contributed by atoms with E-state index in [9.17, 15) is 17.2 Å². The number of sulfonamides is 1. The zero-order valence-corrected chi connectivity index (χ0v) is 10.3. The van der Waals surface area contributed by atoms with E-state index in [4.69, 9.17) is 0 Å². The van der Waals surface area contributed by atoms with E-state index in [1.807, 2.05) is 6.92 Å². The van der Waals surface area contributed by atoms with E-state index in [-0.39, 0.29) is 18.6 Å². The van der Waals surface area contributed by atoms with Gasteiger partial charge in [-0.3, -0.25) is 0 Å². The molecule has 0 aliphatic carbocycles. The first-order valence-electron chi connectivity index (χ1n) is 5.45. The van der Waals surface area contributed by atoms with Crippen molar-refractivity contribution < 1.29 is 17.2 Å². The van der Waals surface area contributed by atoms with Gasteiger partial charge in [0.2, 0.25) is 0 Å². The number of alkyl halides is 2. The average Bonchev–Trinajstić information content (AvgIpc) is 2.27. The fraction of sp³-hybridized carbons (Fsp3) is 1.00. The number of hydrogen-bond donors (Lipinski definition) is 1. The summed E-state index contributed by atoms with van der Waals surface area (Å²) in [6, 6.07) is -0.391. The quantitative estimate of drug-likeness (QED) is 0.816. The second-order valence-electron chi connectivity index (χ2n) is 3.95. The first-order chi connectivity index (χ1) is 7.43. The lowest BCUT2D eigenvalue weighted by molar-refractivity contribution is 0.177. The summed E-state index contributed by atoms with van der Waals surface area (Å²) in [6.07, 6.45) is 1.26. The maximum absolute atomic E-state index is 12.5. The van der Waals surface area contributed by atoms with Crippen molar-refractivity contribution in [3.05, 3.63) is 0 Å². The van der Waals surface area contributed by atoms with Crippen LogP contribution in [0.2, 0.25) is 0 Å². The van der Waals surface area contributed by atoms with Crippen LogP contribution in [0, 0.1) is 0 Å². The third-order valence-corrected chi connectivity index (χ3v) is 4.52. The van der Waals surface area contributed by atoms with Crippen LogP contribution in [0.5, 0.6) is 0 Å². The zero-order chi connectivity index (χ0) is 12.3. The maximum atomic E-state index is 12.5. The lowest BCUT2D eigenvalue weighted by Crippen LogP contribution is -2.58. The lowest BCUT2D eigenvalue weighted by atomic mass is 10.1. The Bertz CT molecular complexity index is 321. The molecular formula is C9H18F2N2O2S. The van der Waals surface area contributed by atoms with Crippen LogP contribution in [0.25, 0.3) is 0 Å².